The zero-order valence-electron chi connectivity index (χ0n) is 29.5. The van der Waals surface area contributed by atoms with E-state index < -0.39 is 0 Å². The van der Waals surface area contributed by atoms with E-state index in [2.05, 4.69) is 133 Å². The first-order valence-corrected chi connectivity index (χ1v) is 16.8. The Morgan fingerprint density at radius 1 is 1.00 bits per heavy atom. The molecule has 1 aliphatic heterocycles. The first-order valence-electron chi connectivity index (χ1n) is 16.8. The molecular weight excluding hydrogens is 709 g/mol. The quantitative estimate of drug-likeness (QED) is 0.106. The van der Waals surface area contributed by atoms with Crippen LogP contribution in [0.5, 0.6) is 5.75 Å². The van der Waals surface area contributed by atoms with E-state index in [4.69, 9.17) is 9.94 Å². The summed E-state index contributed by atoms with van der Waals surface area (Å²) in [5.74, 6) is 4.77. The van der Waals surface area contributed by atoms with Crippen molar-refractivity contribution in [3.8, 4) is 16.9 Å². The summed E-state index contributed by atoms with van der Waals surface area (Å²) in [5, 5.41) is 20.7. The summed E-state index contributed by atoms with van der Waals surface area (Å²) in [6, 6.07) is 31.2. The molecule has 0 saturated heterocycles. The maximum absolute atomic E-state index is 10.0. The molecule has 0 aromatic heterocycles. The average molecular weight is 756 g/mol. The molecule has 0 fully saturated rings. The Morgan fingerprint density at radius 3 is 2.33 bits per heavy atom. The van der Waals surface area contributed by atoms with E-state index in [1.54, 1.807) is 7.05 Å². The molecule has 4 aromatic rings. The van der Waals surface area contributed by atoms with Crippen molar-refractivity contribution in [3.63, 3.8) is 0 Å². The Labute approximate surface area is 327 Å². The number of hydrogen-bond donors (Lipinski definition) is 4. The number of aliphatic imine (C=N–C) groups is 1. The van der Waals surface area contributed by atoms with Gasteiger partial charge in [-0.05, 0) is 90.6 Å². The number of allylic oxidation sites excluding steroid dienone is 7. The third-order valence-electron chi connectivity index (χ3n) is 9.06. The van der Waals surface area contributed by atoms with Gasteiger partial charge in [0, 0.05) is 58.3 Å². The predicted molar refractivity (Wildman–Crippen MR) is 208 cm³/mol. The second-order valence-corrected chi connectivity index (χ2v) is 12.3. The van der Waals surface area contributed by atoms with Crippen molar-refractivity contribution >= 4 is 29.4 Å². The predicted octanol–water partition coefficient (Wildman–Crippen LogP) is 9.62. The van der Waals surface area contributed by atoms with Crippen LogP contribution in [-0.4, -0.2) is 37.3 Å². The monoisotopic (exact) mass is 755 g/mol. The van der Waals surface area contributed by atoms with Crippen LogP contribution in [0.1, 0.15) is 47.9 Å². The summed E-state index contributed by atoms with van der Waals surface area (Å²) in [6.45, 7) is 5.98. The van der Waals surface area contributed by atoms with Gasteiger partial charge in [-0.1, -0.05) is 115 Å². The van der Waals surface area contributed by atoms with Crippen molar-refractivity contribution in [1.29, 1.82) is 0 Å². The number of hydroxylamine groups is 1. The minimum absolute atomic E-state index is 0. The van der Waals surface area contributed by atoms with Gasteiger partial charge in [0.05, 0.1) is 17.1 Å². The molecular formula is C43H46N4O3Y. The SMILES string of the molecule is C=N/C(=C\Cc1ccc(C2=CC3Oc4ccccc4C3C=C2)cc1)c1ccc(-c2ccc(NC)c(N(C)O)c2)cc1.CC1=CC=CCC1.NO.[Y]. The van der Waals surface area contributed by atoms with E-state index in [9.17, 15) is 5.21 Å². The van der Waals surface area contributed by atoms with Crippen LogP contribution in [0.15, 0.2) is 144 Å². The van der Waals surface area contributed by atoms with Crippen LogP contribution in [0.4, 0.5) is 11.4 Å². The van der Waals surface area contributed by atoms with Crippen LogP contribution in [-0.2, 0) is 39.1 Å². The molecule has 7 nitrogen and oxygen atoms in total. The van der Waals surface area contributed by atoms with Crippen LogP contribution in [0.2, 0.25) is 0 Å². The summed E-state index contributed by atoms with van der Waals surface area (Å²) in [7, 11) is 3.46. The first kappa shape index (κ1) is 39.4. The van der Waals surface area contributed by atoms with Crippen LogP contribution in [0, 0.1) is 0 Å². The largest absolute Gasteiger partial charge is 0.485 e. The van der Waals surface area contributed by atoms with Crippen LogP contribution >= 0.6 is 0 Å². The number of nitrogens with one attached hydrogen (secondary N) is 1. The summed E-state index contributed by atoms with van der Waals surface area (Å²) in [5.41, 5.74) is 11.9. The molecule has 7 rings (SSSR count). The second kappa shape index (κ2) is 19.3. The Bertz CT molecular complexity index is 1930. The zero-order valence-corrected chi connectivity index (χ0v) is 32.4. The van der Waals surface area contributed by atoms with E-state index in [1.807, 2.05) is 37.4 Å². The van der Waals surface area contributed by atoms with Gasteiger partial charge < -0.3 is 15.3 Å². The fourth-order valence-electron chi connectivity index (χ4n) is 6.31. The molecule has 1 radical (unpaired) electrons. The molecule has 4 aromatic carbocycles. The maximum Gasteiger partial charge on any atom is 0.128 e. The molecule has 8 heteroatoms. The van der Waals surface area contributed by atoms with Crippen LogP contribution in [0.25, 0.3) is 22.4 Å². The average Bonchev–Trinajstić information content (AvgIpc) is 3.55. The standard InChI is InChI=1S/C36H33N3O2.C7H10.H3NO.Y/c1-37-32(27-15-13-26(14-16-27)28-18-21-33(38-2)34(22-28)39(3)40)20-10-24-8-11-25(12-9-24)29-17-19-31-30-6-4-5-7-35(30)41-36(31)23-29;1-7-5-3-2-4-6-7;1-2;/h4-9,11-23,31,36,38,40H,1,10H2,2-3H3;2-3,5H,4,6H2,1H3;2H,1H2;/b32-20-;;;. The molecule has 0 saturated carbocycles. The van der Waals surface area contributed by atoms with Crippen molar-refractivity contribution in [2.45, 2.75) is 38.2 Å². The van der Waals surface area contributed by atoms with Gasteiger partial charge in [0.25, 0.3) is 0 Å². The summed E-state index contributed by atoms with van der Waals surface area (Å²) in [4.78, 5) is 4.31. The number of para-hydroxylation sites is 1. The van der Waals surface area contributed by atoms with Gasteiger partial charge in [-0.2, -0.15) is 0 Å². The summed E-state index contributed by atoms with van der Waals surface area (Å²) < 4.78 is 6.20. The Balaban J connectivity index is 0.000000516. The third-order valence-corrected chi connectivity index (χ3v) is 9.06. The topological polar surface area (TPSA) is 103 Å². The second-order valence-electron chi connectivity index (χ2n) is 12.3. The molecule has 1 heterocycles. The van der Waals surface area contributed by atoms with Gasteiger partial charge in [0.1, 0.15) is 11.9 Å². The minimum atomic E-state index is 0. The van der Waals surface area contributed by atoms with Crippen molar-refractivity contribution in [2.24, 2.45) is 10.9 Å². The smallest absolute Gasteiger partial charge is 0.128 e. The van der Waals surface area contributed by atoms with E-state index in [0.717, 1.165) is 45.3 Å². The number of benzene rings is 4. The number of nitrogens with zero attached hydrogens (tertiary/aromatic N) is 2. The number of fused-ring (bicyclic) bond motifs is 3. The molecule has 0 amide bonds. The minimum Gasteiger partial charge on any atom is -0.485 e. The molecule has 0 bridgehead atoms. The van der Waals surface area contributed by atoms with Gasteiger partial charge in [-0.25, -0.2) is 5.90 Å². The van der Waals surface area contributed by atoms with Crippen molar-refractivity contribution in [2.75, 3.05) is 24.5 Å². The zero-order chi connectivity index (χ0) is 35.5. The van der Waals surface area contributed by atoms with Crippen LogP contribution < -0.4 is 21.0 Å². The van der Waals surface area contributed by atoms with E-state index in [0.29, 0.717) is 5.69 Å². The number of hydrogen-bond acceptors (Lipinski definition) is 7. The number of nitrogens with two attached hydrogens (primary N) is 1. The molecule has 259 valence electrons. The van der Waals surface area contributed by atoms with Crippen LogP contribution in [0.3, 0.4) is 0 Å². The Kier molecular flexibility index (Phi) is 14.9. The van der Waals surface area contributed by atoms with Gasteiger partial charge in [0.15, 0.2) is 0 Å². The number of rotatable bonds is 8. The van der Waals surface area contributed by atoms with Gasteiger partial charge in [-0.3, -0.25) is 15.3 Å². The fraction of sp³-hybridized carbons (Fsp3) is 0.186. The normalized spacial score (nSPS) is 16.6. The molecule has 2 atom stereocenters. The molecule has 2 aliphatic carbocycles. The number of ether oxygens (including phenoxy) is 1. The van der Waals surface area contributed by atoms with Crippen molar-refractivity contribution in [3.05, 3.63) is 161 Å². The molecule has 3 aliphatic rings. The third kappa shape index (κ3) is 9.91. The maximum atomic E-state index is 10.0. The fourth-order valence-corrected chi connectivity index (χ4v) is 6.31. The van der Waals surface area contributed by atoms with E-state index in [1.165, 1.54) is 40.7 Å². The van der Waals surface area contributed by atoms with E-state index in [-0.39, 0.29) is 44.7 Å². The first-order chi connectivity index (χ1) is 24.4. The Morgan fingerprint density at radius 2 is 1.71 bits per heavy atom. The Hall–Kier alpha value is -4.37. The van der Waals surface area contributed by atoms with Crippen molar-refractivity contribution in [1.82, 2.24) is 0 Å². The van der Waals surface area contributed by atoms with Gasteiger partial charge in [-0.15, -0.1) is 0 Å². The molecule has 0 spiro atoms. The van der Waals surface area contributed by atoms with Gasteiger partial charge in [0.2, 0.25) is 0 Å². The molecule has 5 N–H and O–H groups in total. The molecule has 2 unspecified atom stereocenters. The van der Waals surface area contributed by atoms with Crippen molar-refractivity contribution < 1.29 is 47.9 Å². The summed E-state index contributed by atoms with van der Waals surface area (Å²) >= 11 is 0. The van der Waals surface area contributed by atoms with E-state index >= 15 is 0 Å². The number of anilines is 2. The summed E-state index contributed by atoms with van der Waals surface area (Å²) in [6.07, 6.45) is 18.6. The van der Waals surface area contributed by atoms with Gasteiger partial charge >= 0.3 is 0 Å². The molecule has 51 heavy (non-hydrogen) atoms.